The van der Waals surface area contributed by atoms with Gasteiger partial charge in [-0.3, -0.25) is 4.90 Å². The number of alkyl halides is 4. The van der Waals surface area contributed by atoms with Crippen LogP contribution in [0, 0.1) is 11.8 Å². The minimum Gasteiger partial charge on any atom is -0.396 e. The predicted octanol–water partition coefficient (Wildman–Crippen LogP) is 4.35. The fourth-order valence-corrected chi connectivity index (χ4v) is 3.21. The standard InChI is InChI=1S/C10H19F2NO.C7H13F2N.C2H6/c1-7(2)13-4-8(3)10(11,12)9(5-13)6-14;1-6-5-7(8,9)3-4-10(6)2;1-2/h7-9,14H,4-6H2,1-3H3;6H,3-5H2,1-2H3;1-2H3. The SMILES string of the molecule is CC.CC(C)N1CC(C)C(F)(F)C(CO)C1.CC1CC(F)(F)CCN1C. The number of nitrogens with zero attached hydrogens (tertiary/aromatic N) is 2. The molecular weight excluding hydrogens is 348 g/mol. The average molecular weight is 387 g/mol. The second-order valence-electron chi connectivity index (χ2n) is 7.64. The lowest BCUT2D eigenvalue weighted by Gasteiger charge is -2.43. The van der Waals surface area contributed by atoms with E-state index < -0.39 is 30.3 Å². The van der Waals surface area contributed by atoms with E-state index >= 15 is 0 Å². The molecule has 2 saturated heterocycles. The van der Waals surface area contributed by atoms with Crippen molar-refractivity contribution >= 4 is 0 Å². The highest BCUT2D eigenvalue weighted by molar-refractivity contribution is 4.91. The molecule has 0 aliphatic carbocycles. The third-order valence-electron chi connectivity index (χ3n) is 5.29. The highest BCUT2D eigenvalue weighted by atomic mass is 19.3. The summed E-state index contributed by atoms with van der Waals surface area (Å²) in [5, 5.41) is 8.94. The Morgan fingerprint density at radius 1 is 1.08 bits per heavy atom. The maximum absolute atomic E-state index is 13.5. The van der Waals surface area contributed by atoms with Gasteiger partial charge in [-0.2, -0.15) is 0 Å². The number of piperidine rings is 2. The molecule has 3 nitrogen and oxygen atoms in total. The molecule has 0 spiro atoms. The number of aliphatic hydroxyl groups is 1. The highest BCUT2D eigenvalue weighted by Crippen LogP contribution is 2.38. The van der Waals surface area contributed by atoms with E-state index in [1.807, 2.05) is 51.5 Å². The smallest absolute Gasteiger partial charge is 0.258 e. The molecule has 2 aliphatic rings. The monoisotopic (exact) mass is 386 g/mol. The summed E-state index contributed by atoms with van der Waals surface area (Å²) in [6, 6.07) is 0.298. The largest absolute Gasteiger partial charge is 0.396 e. The molecule has 7 heteroatoms. The molecule has 0 saturated carbocycles. The Balaban J connectivity index is 0.000000458. The Hall–Kier alpha value is -0.400. The molecule has 0 bridgehead atoms. The first kappa shape index (κ1) is 25.6. The third kappa shape index (κ3) is 7.31. The van der Waals surface area contributed by atoms with Crippen LogP contribution >= 0.6 is 0 Å². The summed E-state index contributed by atoms with van der Waals surface area (Å²) in [5.74, 6) is -6.71. The topological polar surface area (TPSA) is 26.7 Å². The van der Waals surface area contributed by atoms with Crippen LogP contribution in [0.25, 0.3) is 0 Å². The van der Waals surface area contributed by atoms with E-state index in [4.69, 9.17) is 5.11 Å². The number of rotatable bonds is 2. The Morgan fingerprint density at radius 3 is 2.00 bits per heavy atom. The van der Waals surface area contributed by atoms with Gasteiger partial charge in [-0.05, 0) is 27.8 Å². The fourth-order valence-electron chi connectivity index (χ4n) is 3.21. The van der Waals surface area contributed by atoms with E-state index in [1.54, 1.807) is 6.92 Å². The maximum atomic E-state index is 13.5. The van der Waals surface area contributed by atoms with Crippen LogP contribution in [-0.2, 0) is 0 Å². The van der Waals surface area contributed by atoms with E-state index in [2.05, 4.69) is 0 Å². The molecular formula is C19H38F4N2O. The summed E-state index contributed by atoms with van der Waals surface area (Å²) < 4.78 is 52.2. The van der Waals surface area contributed by atoms with Crippen molar-refractivity contribution in [1.29, 1.82) is 0 Å². The van der Waals surface area contributed by atoms with E-state index in [9.17, 15) is 17.6 Å². The molecule has 0 aromatic carbocycles. The molecule has 26 heavy (non-hydrogen) atoms. The van der Waals surface area contributed by atoms with Crippen LogP contribution in [0.3, 0.4) is 0 Å². The third-order valence-corrected chi connectivity index (χ3v) is 5.29. The van der Waals surface area contributed by atoms with Crippen LogP contribution in [0.2, 0.25) is 0 Å². The van der Waals surface area contributed by atoms with Crippen molar-refractivity contribution in [3.63, 3.8) is 0 Å². The summed E-state index contributed by atoms with van der Waals surface area (Å²) in [5.41, 5.74) is 0. The number of halogens is 4. The van der Waals surface area contributed by atoms with Crippen molar-refractivity contribution in [1.82, 2.24) is 9.80 Å². The predicted molar refractivity (Wildman–Crippen MR) is 99.0 cm³/mol. The number of hydrogen-bond acceptors (Lipinski definition) is 3. The summed E-state index contributed by atoms with van der Waals surface area (Å²) in [7, 11) is 1.89. The Kier molecular flexibility index (Phi) is 10.6. The Morgan fingerprint density at radius 2 is 1.62 bits per heavy atom. The molecule has 0 aromatic heterocycles. The van der Waals surface area contributed by atoms with Crippen LogP contribution in [0.1, 0.15) is 54.4 Å². The normalized spacial score (nSPS) is 31.5. The van der Waals surface area contributed by atoms with Crippen molar-refractivity contribution < 1.29 is 22.7 Å². The zero-order valence-electron chi connectivity index (χ0n) is 17.4. The van der Waals surface area contributed by atoms with Gasteiger partial charge < -0.3 is 10.0 Å². The highest BCUT2D eigenvalue weighted by Gasteiger charge is 2.49. The molecule has 2 heterocycles. The minimum atomic E-state index is -2.72. The van der Waals surface area contributed by atoms with Gasteiger partial charge in [0.1, 0.15) is 0 Å². The summed E-state index contributed by atoms with van der Waals surface area (Å²) >= 11 is 0. The van der Waals surface area contributed by atoms with Crippen molar-refractivity contribution in [3.05, 3.63) is 0 Å². The molecule has 3 unspecified atom stereocenters. The lowest BCUT2D eigenvalue weighted by atomic mass is 9.86. The second-order valence-corrected chi connectivity index (χ2v) is 7.64. The number of aliphatic hydroxyl groups excluding tert-OH is 1. The minimum absolute atomic E-state index is 0.0174. The zero-order chi connectivity index (χ0) is 20.7. The lowest BCUT2D eigenvalue weighted by Crippen LogP contribution is -2.55. The molecule has 0 radical (unpaired) electrons. The van der Waals surface area contributed by atoms with E-state index in [1.165, 1.54) is 0 Å². The van der Waals surface area contributed by atoms with Gasteiger partial charge in [0.05, 0.1) is 12.5 Å². The van der Waals surface area contributed by atoms with Gasteiger partial charge in [0.25, 0.3) is 11.8 Å². The van der Waals surface area contributed by atoms with Crippen LogP contribution in [0.4, 0.5) is 17.6 Å². The first-order valence-electron chi connectivity index (χ1n) is 9.71. The first-order valence-corrected chi connectivity index (χ1v) is 9.71. The molecule has 158 valence electrons. The first-order chi connectivity index (χ1) is 11.9. The molecule has 2 rings (SSSR count). The fraction of sp³-hybridized carbons (Fsp3) is 1.00. The van der Waals surface area contributed by atoms with Crippen LogP contribution < -0.4 is 0 Å². The Bertz CT molecular complexity index is 394. The van der Waals surface area contributed by atoms with Gasteiger partial charge in [0.15, 0.2) is 0 Å². The molecule has 2 fully saturated rings. The molecule has 3 atom stereocenters. The van der Waals surface area contributed by atoms with Gasteiger partial charge in [0.2, 0.25) is 0 Å². The van der Waals surface area contributed by atoms with Gasteiger partial charge in [-0.1, -0.05) is 20.8 Å². The molecule has 2 aliphatic heterocycles. The van der Waals surface area contributed by atoms with E-state index in [0.29, 0.717) is 19.6 Å². The van der Waals surface area contributed by atoms with Gasteiger partial charge in [0, 0.05) is 50.5 Å². The van der Waals surface area contributed by atoms with Crippen molar-refractivity contribution in [3.8, 4) is 0 Å². The lowest BCUT2D eigenvalue weighted by molar-refractivity contribution is -0.160. The Labute approximate surface area is 156 Å². The van der Waals surface area contributed by atoms with Gasteiger partial charge in [-0.15, -0.1) is 0 Å². The van der Waals surface area contributed by atoms with E-state index in [-0.39, 0.29) is 24.9 Å². The number of likely N-dealkylation sites (tertiary alicyclic amines) is 2. The molecule has 0 amide bonds. The van der Waals surface area contributed by atoms with Crippen molar-refractivity contribution in [2.75, 3.05) is 33.3 Å². The van der Waals surface area contributed by atoms with Crippen LogP contribution in [0.5, 0.6) is 0 Å². The molecule has 0 aromatic rings. The van der Waals surface area contributed by atoms with Gasteiger partial charge in [-0.25, -0.2) is 17.6 Å². The van der Waals surface area contributed by atoms with Gasteiger partial charge >= 0.3 is 0 Å². The van der Waals surface area contributed by atoms with Crippen LogP contribution in [-0.4, -0.2) is 72.1 Å². The summed E-state index contributed by atoms with van der Waals surface area (Å²) in [4.78, 5) is 3.97. The van der Waals surface area contributed by atoms with E-state index in [0.717, 1.165) is 0 Å². The second kappa shape index (κ2) is 10.8. The molecule has 1 N–H and O–H groups in total. The average Bonchev–Trinajstić information content (AvgIpc) is 2.55. The summed E-state index contributed by atoms with van der Waals surface area (Å²) in [6.07, 6.45) is 0.0390. The van der Waals surface area contributed by atoms with Crippen molar-refractivity contribution in [2.24, 2.45) is 11.8 Å². The quantitative estimate of drug-likeness (QED) is 0.715. The van der Waals surface area contributed by atoms with Crippen LogP contribution in [0.15, 0.2) is 0 Å². The maximum Gasteiger partial charge on any atom is 0.258 e. The zero-order valence-corrected chi connectivity index (χ0v) is 17.4. The summed E-state index contributed by atoms with van der Waals surface area (Å²) in [6.45, 7) is 12.2. The number of hydrogen-bond donors (Lipinski definition) is 1. The van der Waals surface area contributed by atoms with Crippen molar-refractivity contribution in [2.45, 2.75) is 78.3 Å².